The summed E-state index contributed by atoms with van der Waals surface area (Å²) in [4.78, 5) is 48.4. The second-order valence-corrected chi connectivity index (χ2v) is 7.24. The van der Waals surface area contributed by atoms with Crippen LogP contribution in [-0.2, 0) is 19.1 Å². The molecule has 1 aliphatic rings. The number of anilines is 2. The van der Waals surface area contributed by atoms with Gasteiger partial charge in [0.1, 0.15) is 0 Å². The molecular formula is C20H18ClN3O6. The molecule has 0 bridgehead atoms. The standard InChI is InChI=1S/C20H18ClN3O6/c1-12-5-6-15(9-17(12)24(28)29)22-18(25)11-30-20(27)13-7-19(26)23(10-13)16-4-2-3-14(21)8-16/h2-6,8-9,13H,7,10-11H2,1H3,(H,22,25)/t13-/m0/s1. The molecule has 1 fully saturated rings. The predicted octanol–water partition coefficient (Wildman–Crippen LogP) is 3.09. The quantitative estimate of drug-likeness (QED) is 0.426. The SMILES string of the molecule is Cc1ccc(NC(=O)COC(=O)[C@H]2CC(=O)N(c3cccc(Cl)c3)C2)cc1[N+](=O)[O-]. The molecule has 0 saturated carbocycles. The Bertz CT molecular complexity index is 1030. The average Bonchev–Trinajstić information content (AvgIpc) is 3.09. The fourth-order valence-electron chi connectivity index (χ4n) is 3.09. The number of aryl methyl sites for hydroxylation is 1. The molecule has 0 radical (unpaired) electrons. The normalized spacial score (nSPS) is 15.7. The van der Waals surface area contributed by atoms with Crippen molar-refractivity contribution in [2.45, 2.75) is 13.3 Å². The first-order chi connectivity index (χ1) is 14.2. The van der Waals surface area contributed by atoms with E-state index in [2.05, 4.69) is 5.32 Å². The number of carbonyl (C=O) groups is 3. The first-order valence-corrected chi connectivity index (χ1v) is 9.40. The average molecular weight is 432 g/mol. The van der Waals surface area contributed by atoms with Crippen molar-refractivity contribution in [3.63, 3.8) is 0 Å². The van der Waals surface area contributed by atoms with Crippen molar-refractivity contribution in [3.8, 4) is 0 Å². The molecule has 2 amide bonds. The Labute approximate surface area is 176 Å². The van der Waals surface area contributed by atoms with Gasteiger partial charge in [0.15, 0.2) is 6.61 Å². The topological polar surface area (TPSA) is 119 Å². The van der Waals surface area contributed by atoms with Crippen LogP contribution >= 0.6 is 11.6 Å². The van der Waals surface area contributed by atoms with Crippen LogP contribution in [0.5, 0.6) is 0 Å². The van der Waals surface area contributed by atoms with Gasteiger partial charge in [0.25, 0.3) is 11.6 Å². The van der Waals surface area contributed by atoms with Crippen molar-refractivity contribution < 1.29 is 24.0 Å². The Balaban J connectivity index is 1.54. The number of nitro benzene ring substituents is 1. The molecule has 0 unspecified atom stereocenters. The number of amides is 2. The monoisotopic (exact) mass is 431 g/mol. The summed E-state index contributed by atoms with van der Waals surface area (Å²) in [5.41, 5.74) is 1.13. The van der Waals surface area contributed by atoms with Crippen molar-refractivity contribution in [2.75, 3.05) is 23.4 Å². The van der Waals surface area contributed by atoms with Gasteiger partial charge in [-0.2, -0.15) is 0 Å². The van der Waals surface area contributed by atoms with E-state index in [1.807, 2.05) is 0 Å². The van der Waals surface area contributed by atoms with Crippen molar-refractivity contribution in [2.24, 2.45) is 5.92 Å². The number of nitrogens with one attached hydrogen (secondary N) is 1. The second-order valence-electron chi connectivity index (χ2n) is 6.80. The maximum atomic E-state index is 12.3. The summed E-state index contributed by atoms with van der Waals surface area (Å²) in [6, 6.07) is 11.0. The minimum atomic E-state index is -0.704. The van der Waals surface area contributed by atoms with Crippen LogP contribution in [0.25, 0.3) is 0 Å². The minimum absolute atomic E-state index is 0.0306. The Kier molecular flexibility index (Phi) is 6.31. The van der Waals surface area contributed by atoms with Gasteiger partial charge >= 0.3 is 5.97 Å². The number of hydrogen-bond donors (Lipinski definition) is 1. The van der Waals surface area contributed by atoms with Crippen molar-refractivity contribution >= 4 is 46.4 Å². The van der Waals surface area contributed by atoms with Crippen LogP contribution in [0, 0.1) is 23.0 Å². The van der Waals surface area contributed by atoms with Gasteiger partial charge in [-0.3, -0.25) is 24.5 Å². The Hall–Kier alpha value is -3.46. The Morgan fingerprint density at radius 1 is 1.30 bits per heavy atom. The third-order valence-electron chi connectivity index (χ3n) is 4.61. The molecule has 156 valence electrons. The molecule has 3 rings (SSSR count). The van der Waals surface area contributed by atoms with Gasteiger partial charge in [-0.25, -0.2) is 0 Å². The van der Waals surface area contributed by atoms with E-state index in [9.17, 15) is 24.5 Å². The smallest absolute Gasteiger partial charge is 0.311 e. The molecule has 2 aromatic carbocycles. The largest absolute Gasteiger partial charge is 0.455 e. The van der Waals surface area contributed by atoms with Crippen LogP contribution in [0.2, 0.25) is 5.02 Å². The zero-order chi connectivity index (χ0) is 21.8. The Morgan fingerprint density at radius 2 is 2.07 bits per heavy atom. The van der Waals surface area contributed by atoms with Gasteiger partial charge in [0.05, 0.1) is 10.8 Å². The maximum absolute atomic E-state index is 12.3. The van der Waals surface area contributed by atoms with Crippen molar-refractivity contribution in [1.82, 2.24) is 0 Å². The van der Waals surface area contributed by atoms with Crippen molar-refractivity contribution in [3.05, 3.63) is 63.2 Å². The number of ether oxygens (including phenoxy) is 1. The molecule has 9 nitrogen and oxygen atoms in total. The van der Waals surface area contributed by atoms with Gasteiger partial charge in [-0.1, -0.05) is 23.7 Å². The van der Waals surface area contributed by atoms with Crippen LogP contribution < -0.4 is 10.2 Å². The van der Waals surface area contributed by atoms with Gasteiger partial charge in [0.2, 0.25) is 5.91 Å². The summed E-state index contributed by atoms with van der Waals surface area (Å²) in [6.45, 7) is 1.15. The third kappa shape index (κ3) is 4.93. The Morgan fingerprint density at radius 3 is 2.77 bits per heavy atom. The third-order valence-corrected chi connectivity index (χ3v) is 4.85. The number of nitrogens with zero attached hydrogens (tertiary/aromatic N) is 2. The van der Waals surface area contributed by atoms with Crippen LogP contribution in [0.15, 0.2) is 42.5 Å². The molecule has 0 aromatic heterocycles. The van der Waals surface area contributed by atoms with E-state index in [-0.39, 0.29) is 30.2 Å². The molecular weight excluding hydrogens is 414 g/mol. The zero-order valence-electron chi connectivity index (χ0n) is 16.0. The number of nitro groups is 1. The number of hydrogen-bond acceptors (Lipinski definition) is 6. The highest BCUT2D eigenvalue weighted by atomic mass is 35.5. The van der Waals surface area contributed by atoms with E-state index in [0.29, 0.717) is 16.3 Å². The lowest BCUT2D eigenvalue weighted by Crippen LogP contribution is -2.28. The molecule has 1 heterocycles. The number of benzene rings is 2. The summed E-state index contributed by atoms with van der Waals surface area (Å²) in [7, 11) is 0. The first-order valence-electron chi connectivity index (χ1n) is 9.02. The fourth-order valence-corrected chi connectivity index (χ4v) is 3.28. The summed E-state index contributed by atoms with van der Waals surface area (Å²) in [5, 5.41) is 13.9. The van der Waals surface area contributed by atoms with Crippen LogP contribution in [0.4, 0.5) is 17.1 Å². The molecule has 0 aliphatic carbocycles. The molecule has 1 saturated heterocycles. The van der Waals surface area contributed by atoms with E-state index in [4.69, 9.17) is 16.3 Å². The number of halogens is 1. The molecule has 30 heavy (non-hydrogen) atoms. The minimum Gasteiger partial charge on any atom is -0.455 e. The van der Waals surface area contributed by atoms with Gasteiger partial charge in [-0.05, 0) is 31.2 Å². The lowest BCUT2D eigenvalue weighted by molar-refractivity contribution is -0.385. The van der Waals surface area contributed by atoms with Gasteiger partial charge in [0, 0.05) is 41.0 Å². The highest BCUT2D eigenvalue weighted by molar-refractivity contribution is 6.31. The van der Waals surface area contributed by atoms with E-state index in [1.165, 1.54) is 23.1 Å². The van der Waals surface area contributed by atoms with Gasteiger partial charge in [-0.15, -0.1) is 0 Å². The zero-order valence-corrected chi connectivity index (χ0v) is 16.7. The first kappa shape index (κ1) is 21.3. The lowest BCUT2D eigenvalue weighted by Gasteiger charge is -2.16. The second kappa shape index (κ2) is 8.91. The summed E-state index contributed by atoms with van der Waals surface area (Å²) in [5.74, 6) is -2.25. The van der Waals surface area contributed by atoms with Gasteiger partial charge < -0.3 is 15.0 Å². The number of carbonyl (C=O) groups excluding carboxylic acids is 3. The fraction of sp³-hybridized carbons (Fsp3) is 0.250. The highest BCUT2D eigenvalue weighted by Crippen LogP contribution is 2.28. The maximum Gasteiger partial charge on any atom is 0.311 e. The van der Waals surface area contributed by atoms with Crippen LogP contribution in [-0.4, -0.2) is 35.9 Å². The van der Waals surface area contributed by atoms with Crippen LogP contribution in [0.3, 0.4) is 0 Å². The molecule has 1 N–H and O–H groups in total. The lowest BCUT2D eigenvalue weighted by atomic mass is 10.1. The molecule has 10 heteroatoms. The summed E-state index contributed by atoms with van der Waals surface area (Å²) < 4.78 is 5.03. The molecule has 0 spiro atoms. The van der Waals surface area contributed by atoms with E-state index in [0.717, 1.165) is 0 Å². The summed E-state index contributed by atoms with van der Waals surface area (Å²) in [6.07, 6.45) is -0.0306. The molecule has 1 atom stereocenters. The molecule has 2 aromatic rings. The highest BCUT2D eigenvalue weighted by Gasteiger charge is 2.36. The summed E-state index contributed by atoms with van der Waals surface area (Å²) >= 11 is 5.95. The van der Waals surface area contributed by atoms with Crippen molar-refractivity contribution in [1.29, 1.82) is 0 Å². The van der Waals surface area contributed by atoms with Crippen LogP contribution in [0.1, 0.15) is 12.0 Å². The van der Waals surface area contributed by atoms with E-state index >= 15 is 0 Å². The predicted molar refractivity (Wildman–Crippen MR) is 109 cm³/mol. The molecule has 1 aliphatic heterocycles. The van der Waals surface area contributed by atoms with E-state index < -0.39 is 29.3 Å². The number of rotatable bonds is 6. The van der Waals surface area contributed by atoms with E-state index in [1.54, 1.807) is 31.2 Å². The number of esters is 1.